The van der Waals surface area contributed by atoms with Gasteiger partial charge in [-0.3, -0.25) is 4.79 Å². The molecule has 6 heteroatoms. The molecule has 0 saturated heterocycles. The molecule has 0 aromatic heterocycles. The zero-order chi connectivity index (χ0) is 22.6. The van der Waals surface area contributed by atoms with Crippen molar-refractivity contribution >= 4 is 17.5 Å². The molecule has 1 amide bonds. The maximum Gasteiger partial charge on any atom is 0.220 e. The summed E-state index contributed by atoms with van der Waals surface area (Å²) in [5.74, 6) is -0.0513. The summed E-state index contributed by atoms with van der Waals surface area (Å²) in [5, 5.41) is 24.9. The first kappa shape index (κ1) is 24.6. The lowest BCUT2D eigenvalue weighted by Crippen LogP contribution is -2.28. The highest BCUT2D eigenvalue weighted by atomic mass is 35.5. The Morgan fingerprint density at radius 1 is 0.903 bits per heavy atom. The Labute approximate surface area is 188 Å². The lowest BCUT2D eigenvalue weighted by atomic mass is 10.1. The molecule has 3 aromatic rings. The Morgan fingerprint density at radius 2 is 1.48 bits per heavy atom. The van der Waals surface area contributed by atoms with Crippen molar-refractivity contribution in [2.75, 3.05) is 0 Å². The van der Waals surface area contributed by atoms with Crippen LogP contribution in [0, 0.1) is 0 Å². The van der Waals surface area contributed by atoms with Crippen LogP contribution in [0.5, 0.6) is 0 Å². The first-order valence-corrected chi connectivity index (χ1v) is 10.4. The van der Waals surface area contributed by atoms with E-state index in [1.54, 1.807) is 24.3 Å². The van der Waals surface area contributed by atoms with Gasteiger partial charge in [0.05, 0.1) is 0 Å². The van der Waals surface area contributed by atoms with Gasteiger partial charge < -0.3 is 21.3 Å². The highest BCUT2D eigenvalue weighted by Gasteiger charge is 2.03. The van der Waals surface area contributed by atoms with E-state index < -0.39 is 6.29 Å². The van der Waals surface area contributed by atoms with Crippen LogP contribution in [-0.4, -0.2) is 5.91 Å². The standard InChI is InChI=1S/C17H16ClNO3.C8H11N/c18-15-8-3-13(4-9-15)11-19-16(20)10-5-12-1-6-14(7-2-12)17(21)22;1-7(9)8-5-3-2-4-6-8/h1-4,6-9,17H,5,10-11H2,(H,19,20);2-7H,9H2,1H3/q-2;. The lowest BCUT2D eigenvalue weighted by molar-refractivity contribution is -0.668. The number of rotatable bonds is 7. The summed E-state index contributed by atoms with van der Waals surface area (Å²) >= 11 is 5.80. The van der Waals surface area contributed by atoms with Crippen LogP contribution in [0.3, 0.4) is 0 Å². The first-order chi connectivity index (χ1) is 14.8. The number of amides is 1. The SMILES string of the molecule is CC(N)c1ccccc1.O=C(CCc1ccc(C([O-])[O-])cc1)NCc1ccc(Cl)cc1. The molecule has 0 fully saturated rings. The molecule has 3 aromatic carbocycles. The topological polar surface area (TPSA) is 101 Å². The highest BCUT2D eigenvalue weighted by molar-refractivity contribution is 6.30. The second kappa shape index (κ2) is 12.9. The fourth-order valence-electron chi connectivity index (χ4n) is 2.75. The van der Waals surface area contributed by atoms with Gasteiger partial charge in [0.25, 0.3) is 0 Å². The molecule has 5 nitrogen and oxygen atoms in total. The van der Waals surface area contributed by atoms with Gasteiger partial charge >= 0.3 is 0 Å². The number of nitrogens with two attached hydrogens (primary N) is 1. The second-order valence-corrected chi connectivity index (χ2v) is 7.61. The molecule has 31 heavy (non-hydrogen) atoms. The van der Waals surface area contributed by atoms with Gasteiger partial charge in [0.1, 0.15) is 0 Å². The quantitative estimate of drug-likeness (QED) is 0.553. The van der Waals surface area contributed by atoms with Crippen molar-refractivity contribution in [2.45, 2.75) is 38.6 Å². The van der Waals surface area contributed by atoms with Crippen LogP contribution in [-0.2, 0) is 17.8 Å². The summed E-state index contributed by atoms with van der Waals surface area (Å²) in [7, 11) is 0. The zero-order valence-corrected chi connectivity index (χ0v) is 18.2. The average Bonchev–Trinajstić information content (AvgIpc) is 2.78. The molecule has 0 aliphatic rings. The maximum atomic E-state index is 11.8. The molecule has 0 radical (unpaired) electrons. The van der Waals surface area contributed by atoms with Gasteiger partial charge in [0.2, 0.25) is 5.91 Å². The minimum absolute atomic E-state index is 0.0513. The Hall–Kier alpha value is -2.70. The Balaban J connectivity index is 0.000000316. The van der Waals surface area contributed by atoms with Gasteiger partial charge in [-0.15, -0.1) is 0 Å². The van der Waals surface area contributed by atoms with Crippen molar-refractivity contribution < 1.29 is 15.0 Å². The van der Waals surface area contributed by atoms with Crippen LogP contribution in [0.1, 0.15) is 47.9 Å². The number of nitrogens with one attached hydrogen (secondary N) is 1. The van der Waals surface area contributed by atoms with E-state index in [9.17, 15) is 15.0 Å². The predicted molar refractivity (Wildman–Crippen MR) is 120 cm³/mol. The molecule has 0 spiro atoms. The molecular weight excluding hydrogens is 412 g/mol. The maximum absolute atomic E-state index is 11.8. The van der Waals surface area contributed by atoms with E-state index >= 15 is 0 Å². The van der Waals surface area contributed by atoms with Gasteiger partial charge in [-0.25, -0.2) is 0 Å². The van der Waals surface area contributed by atoms with Gasteiger partial charge in [0.15, 0.2) is 0 Å². The normalized spacial score (nSPS) is 11.4. The van der Waals surface area contributed by atoms with Crippen molar-refractivity contribution in [3.63, 3.8) is 0 Å². The van der Waals surface area contributed by atoms with Crippen LogP contribution in [0.4, 0.5) is 0 Å². The molecule has 0 heterocycles. The zero-order valence-electron chi connectivity index (χ0n) is 17.5. The predicted octanol–water partition coefficient (Wildman–Crippen LogP) is 3.01. The fraction of sp³-hybridized carbons (Fsp3) is 0.240. The van der Waals surface area contributed by atoms with E-state index in [4.69, 9.17) is 17.3 Å². The monoisotopic (exact) mass is 438 g/mol. The van der Waals surface area contributed by atoms with Crippen molar-refractivity contribution in [3.05, 3.63) is 106 Å². The van der Waals surface area contributed by atoms with Crippen molar-refractivity contribution in [1.82, 2.24) is 5.32 Å². The summed E-state index contributed by atoms with van der Waals surface area (Å²) in [6.45, 7) is 2.44. The van der Waals surface area contributed by atoms with Crippen LogP contribution in [0.25, 0.3) is 0 Å². The van der Waals surface area contributed by atoms with Crippen LogP contribution < -0.4 is 21.3 Å². The summed E-state index contributed by atoms with van der Waals surface area (Å²) < 4.78 is 0. The van der Waals surface area contributed by atoms with E-state index in [2.05, 4.69) is 5.32 Å². The summed E-state index contributed by atoms with van der Waals surface area (Å²) in [4.78, 5) is 11.8. The lowest BCUT2D eigenvalue weighted by Gasteiger charge is -2.29. The smallest absolute Gasteiger partial charge is 0.220 e. The van der Waals surface area contributed by atoms with Gasteiger partial charge in [-0.2, -0.15) is 6.29 Å². The second-order valence-electron chi connectivity index (χ2n) is 7.18. The molecule has 0 aliphatic carbocycles. The molecule has 1 unspecified atom stereocenters. The van der Waals surface area contributed by atoms with Crippen molar-refractivity contribution in [2.24, 2.45) is 5.73 Å². The van der Waals surface area contributed by atoms with Crippen LogP contribution in [0.15, 0.2) is 78.9 Å². The molecule has 0 aliphatic heterocycles. The van der Waals surface area contributed by atoms with E-state index in [0.29, 0.717) is 24.4 Å². The number of hydrogen-bond acceptors (Lipinski definition) is 4. The average molecular weight is 439 g/mol. The van der Waals surface area contributed by atoms with E-state index in [1.807, 2.05) is 49.4 Å². The Morgan fingerprint density at radius 3 is 2.00 bits per heavy atom. The number of carbonyl (C=O) groups excluding carboxylic acids is 1. The molecule has 3 rings (SSSR count). The Kier molecular flexibility index (Phi) is 10.2. The van der Waals surface area contributed by atoms with Gasteiger partial charge in [-0.1, -0.05) is 83.9 Å². The van der Waals surface area contributed by atoms with Crippen molar-refractivity contribution in [1.29, 1.82) is 0 Å². The van der Waals surface area contributed by atoms with Crippen LogP contribution in [0.2, 0.25) is 5.02 Å². The molecule has 3 N–H and O–H groups in total. The highest BCUT2D eigenvalue weighted by Crippen LogP contribution is 2.11. The summed E-state index contributed by atoms with van der Waals surface area (Å²) in [5.41, 5.74) is 8.93. The minimum atomic E-state index is -1.96. The Bertz CT molecular complexity index is 912. The summed E-state index contributed by atoms with van der Waals surface area (Å²) in [6.07, 6.45) is -1.04. The minimum Gasteiger partial charge on any atom is -0.862 e. The third-order valence-corrected chi connectivity index (χ3v) is 4.87. The molecule has 164 valence electrons. The first-order valence-electron chi connectivity index (χ1n) is 10.1. The van der Waals surface area contributed by atoms with E-state index in [-0.39, 0.29) is 17.5 Å². The van der Waals surface area contributed by atoms with Crippen molar-refractivity contribution in [3.8, 4) is 0 Å². The number of hydrogen-bond donors (Lipinski definition) is 2. The van der Waals surface area contributed by atoms with Crippen LogP contribution >= 0.6 is 11.6 Å². The third kappa shape index (κ3) is 9.32. The molecule has 1 atom stereocenters. The number of halogens is 1. The third-order valence-electron chi connectivity index (χ3n) is 4.62. The fourth-order valence-corrected chi connectivity index (χ4v) is 2.87. The number of aryl methyl sites for hydroxylation is 1. The molecule has 0 saturated carbocycles. The number of benzene rings is 3. The van der Waals surface area contributed by atoms with E-state index in [0.717, 1.165) is 11.1 Å². The van der Waals surface area contributed by atoms with Gasteiger partial charge in [-0.05, 0) is 42.2 Å². The number of carbonyl (C=O) groups is 1. The molecular formula is C25H27ClN2O3-2. The molecule has 0 bridgehead atoms. The van der Waals surface area contributed by atoms with Gasteiger partial charge in [0, 0.05) is 24.0 Å². The van der Waals surface area contributed by atoms with E-state index in [1.165, 1.54) is 17.7 Å². The summed E-state index contributed by atoms with van der Waals surface area (Å²) in [6, 6.07) is 24.0. The largest absolute Gasteiger partial charge is 0.862 e.